The number of imidazole rings is 2. The number of carboxylic acids is 1. The van der Waals surface area contributed by atoms with Gasteiger partial charge in [-0.05, 0) is 87.8 Å². The first-order valence-corrected chi connectivity index (χ1v) is 34.6. The van der Waals surface area contributed by atoms with Crippen LogP contribution in [0.2, 0.25) is 0 Å². The Hall–Kier alpha value is -8.05. The number of hydrogen-bond donors (Lipinski definition) is 17. The molecule has 0 spiro atoms. The van der Waals surface area contributed by atoms with E-state index in [9.17, 15) is 68.4 Å². The molecule has 9 amide bonds. The predicted molar refractivity (Wildman–Crippen MR) is 362 cm³/mol. The minimum atomic E-state index is -1.50. The number of amides is 9. The van der Waals surface area contributed by atoms with E-state index < -0.39 is 78.0 Å². The first kappa shape index (κ1) is 78.9. The highest BCUT2D eigenvalue weighted by Crippen LogP contribution is 2.33. The third-order valence-corrected chi connectivity index (χ3v) is 17.2. The topological polar surface area (TPSA) is 452 Å². The number of carbonyl (C=O) groups excluding carboxylic acids is 9. The summed E-state index contributed by atoms with van der Waals surface area (Å²) in [5.74, 6) is -4.43. The van der Waals surface area contributed by atoms with E-state index in [1.807, 2.05) is 9.80 Å². The molecule has 0 radical (unpaired) electrons. The van der Waals surface area contributed by atoms with E-state index in [1.54, 1.807) is 37.2 Å². The summed E-state index contributed by atoms with van der Waals surface area (Å²) < 4.78 is 6.17. The second kappa shape index (κ2) is 44.1. The quantitative estimate of drug-likeness (QED) is 0.00922. The van der Waals surface area contributed by atoms with Gasteiger partial charge in [-0.3, -0.25) is 63.1 Å². The molecule has 542 valence electrons. The minimum absolute atomic E-state index is 0.0145. The average Bonchev–Trinajstić information content (AvgIpc) is 1.68. The van der Waals surface area contributed by atoms with Crippen molar-refractivity contribution in [2.24, 2.45) is 5.92 Å². The van der Waals surface area contributed by atoms with E-state index in [2.05, 4.69) is 96.7 Å². The van der Waals surface area contributed by atoms with Crippen molar-refractivity contribution in [2.45, 2.75) is 146 Å². The van der Waals surface area contributed by atoms with Crippen LogP contribution in [0.15, 0.2) is 61.0 Å². The molecule has 33 heteroatoms. The lowest BCUT2D eigenvalue weighted by atomic mass is 9.87. The predicted octanol–water partition coefficient (Wildman–Crippen LogP) is -2.41. The highest BCUT2D eigenvalue weighted by Gasteiger charge is 2.42. The molecule has 3 aromatic rings. The summed E-state index contributed by atoms with van der Waals surface area (Å²) in [5, 5.41) is 67.1. The Bertz CT molecular complexity index is 3000. The Balaban J connectivity index is 1.03. The number of phenolic OH excluding ortho intramolecular Hbond substituents is 1. The minimum Gasteiger partial charge on any atom is -0.508 e. The molecule has 0 saturated carbocycles. The molecule has 4 heterocycles. The number of benzene rings is 1. The summed E-state index contributed by atoms with van der Waals surface area (Å²) in [5.41, 5.74) is 3.52. The third-order valence-electron chi connectivity index (χ3n) is 17.0. The zero-order valence-electron chi connectivity index (χ0n) is 55.7. The normalized spacial score (nSPS) is 17.7. The Morgan fingerprint density at radius 2 is 1.12 bits per heavy atom. The number of nitrogens with zero attached hydrogens (tertiary/aromatic N) is 5. The van der Waals surface area contributed by atoms with Gasteiger partial charge in [0.05, 0.1) is 38.3 Å². The largest absolute Gasteiger partial charge is 0.508 e. The van der Waals surface area contributed by atoms with Gasteiger partial charge in [-0.2, -0.15) is 12.6 Å². The fraction of sp³-hybridized carbons (Fsp3) is 0.631. The van der Waals surface area contributed by atoms with Crippen LogP contribution in [-0.4, -0.2) is 261 Å². The zero-order chi connectivity index (χ0) is 70.4. The number of aliphatic carboxylic acids is 1. The van der Waals surface area contributed by atoms with Crippen LogP contribution in [0.3, 0.4) is 0 Å². The lowest BCUT2D eigenvalue weighted by molar-refractivity contribution is -0.138. The number of H-pyrrole nitrogens is 2. The van der Waals surface area contributed by atoms with E-state index in [0.717, 1.165) is 37.2 Å². The van der Waals surface area contributed by atoms with Gasteiger partial charge in [0, 0.05) is 160 Å². The number of ether oxygens (including phenoxy) is 1. The molecule has 2 aliphatic heterocycles. The van der Waals surface area contributed by atoms with Crippen molar-refractivity contribution in [2.75, 3.05) is 110 Å². The number of aromatic hydroxyl groups is 1. The monoisotopic (exact) mass is 1390 g/mol. The van der Waals surface area contributed by atoms with E-state index in [4.69, 9.17) is 4.74 Å². The van der Waals surface area contributed by atoms with Gasteiger partial charge in [0.25, 0.3) is 0 Å². The Morgan fingerprint density at radius 3 is 1.64 bits per heavy atom. The fourth-order valence-corrected chi connectivity index (χ4v) is 11.5. The standard InChI is InChI=1S/C65H101N17O15S/c83-49-13-11-44(12-14-49)33-52(64(96)77-50(62(94)72-25-32-98)5-1-3-21-68-58(88)37-73-56(86)17-15-54(84)70-23-19-47-35-66-42-75-47)78-63(95)51(6-2-4-22-69-59(89)38-74-57(87)18-16-55(85)71-24-20-48-36-67-43-76-48)79-65-53(97-65)34-45-7-9-46(10-8-45)39-80-26-28-81(40-60(90)91)30-31-82(29-27-80)41-61(92)93/h7,11-14,35-36,42-43,46,50-53,60,65,79,83,90-91,98H,1-6,8-10,15-34,37-41H2,(H,66,75)(H,67,76)(H,68,88)(H,69,89)(H,70,84)(H,71,85)(H,72,94)(H,73,86)(H,74,87)(H,77,96)(H,78,95)(H,92,93)/t46?,50-,51-,52-,53?,65?/m1/s1. The summed E-state index contributed by atoms with van der Waals surface area (Å²) >= 11 is 4.23. The molecule has 32 nitrogen and oxygen atoms in total. The average molecular weight is 1390 g/mol. The summed E-state index contributed by atoms with van der Waals surface area (Å²) in [7, 11) is 0. The van der Waals surface area contributed by atoms with Crippen LogP contribution in [0, 0.1) is 5.92 Å². The van der Waals surface area contributed by atoms with Crippen LogP contribution in [0.25, 0.3) is 0 Å². The lowest BCUT2D eigenvalue weighted by Crippen LogP contribution is -2.57. The fourth-order valence-electron chi connectivity index (χ4n) is 11.4. The molecule has 2 saturated heterocycles. The van der Waals surface area contributed by atoms with Gasteiger partial charge in [-0.1, -0.05) is 23.8 Å². The number of aromatic amines is 2. The number of hydrogen-bond acceptors (Lipinski definition) is 21. The van der Waals surface area contributed by atoms with Gasteiger partial charge in [0.15, 0.2) is 6.29 Å². The number of unbranched alkanes of at least 4 members (excludes halogenated alkanes) is 2. The van der Waals surface area contributed by atoms with E-state index >= 15 is 0 Å². The van der Waals surface area contributed by atoms with Crippen molar-refractivity contribution in [1.82, 2.24) is 87.8 Å². The molecule has 98 heavy (non-hydrogen) atoms. The van der Waals surface area contributed by atoms with Crippen molar-refractivity contribution in [3.63, 3.8) is 0 Å². The maximum Gasteiger partial charge on any atom is 0.317 e. The van der Waals surface area contributed by atoms with Crippen LogP contribution < -0.4 is 53.2 Å². The van der Waals surface area contributed by atoms with Crippen LogP contribution in [0.1, 0.15) is 107 Å². The van der Waals surface area contributed by atoms with Crippen molar-refractivity contribution < 1.29 is 73.1 Å². The lowest BCUT2D eigenvalue weighted by Gasteiger charge is -2.31. The number of β-amino-alcohol motifs (C(OH)–C–C–N with tert-alkyl or cyclic N) is 2. The first-order valence-electron chi connectivity index (χ1n) is 33.9. The van der Waals surface area contributed by atoms with Crippen molar-refractivity contribution in [3.8, 4) is 5.75 Å². The van der Waals surface area contributed by atoms with Crippen LogP contribution in [-0.2, 0) is 71.9 Å². The van der Waals surface area contributed by atoms with Gasteiger partial charge in [0.2, 0.25) is 53.2 Å². The SMILES string of the molecule is O=C(O)CN1CCN(CC(O)O)CCN(CC2CC=C(CC3OC3N[C@H](CCCCNC(=O)CNC(=O)CCC(=O)NCCc3cnc[nH]3)C(=O)N[C@H](Cc3ccc(O)cc3)C(=O)N[C@H](CCCCNC(=O)CNC(=O)CCC(=O)NCCc3cnc[nH]3)C(=O)NCCS)CC2)CC1. The van der Waals surface area contributed by atoms with Crippen molar-refractivity contribution in [3.05, 3.63) is 77.9 Å². The number of aromatic nitrogens is 4. The Morgan fingerprint density at radius 1 is 0.602 bits per heavy atom. The molecule has 16 N–H and O–H groups in total. The maximum atomic E-state index is 14.7. The van der Waals surface area contributed by atoms with Gasteiger partial charge >= 0.3 is 5.97 Å². The van der Waals surface area contributed by atoms with Crippen LogP contribution >= 0.6 is 12.6 Å². The number of rotatable bonds is 45. The van der Waals surface area contributed by atoms with E-state index in [-0.39, 0.29) is 114 Å². The van der Waals surface area contributed by atoms with Gasteiger partial charge < -0.3 is 87.9 Å². The second-order valence-corrected chi connectivity index (χ2v) is 25.3. The molecular weight excluding hydrogens is 1290 g/mol. The number of aliphatic hydroxyl groups is 2. The van der Waals surface area contributed by atoms with Gasteiger partial charge in [0.1, 0.15) is 30.2 Å². The highest BCUT2D eigenvalue weighted by atomic mass is 32.1. The van der Waals surface area contributed by atoms with Crippen LogP contribution in [0.4, 0.5) is 0 Å². The number of epoxide rings is 1. The molecule has 1 aliphatic carbocycles. The van der Waals surface area contributed by atoms with Gasteiger partial charge in [-0.15, -0.1) is 0 Å². The van der Waals surface area contributed by atoms with E-state index in [0.29, 0.717) is 115 Å². The first-order chi connectivity index (χ1) is 47.3. The molecule has 2 aromatic heterocycles. The summed E-state index contributed by atoms with van der Waals surface area (Å²) in [6.07, 6.45) is 12.2. The Kier molecular flexibility index (Phi) is 35.5. The number of phenols is 1. The second-order valence-electron chi connectivity index (χ2n) is 24.9. The summed E-state index contributed by atoms with van der Waals surface area (Å²) in [6, 6.07) is 2.91. The third kappa shape index (κ3) is 32.5. The Labute approximate surface area is 576 Å². The number of carboxylic acid groups (broad SMARTS) is 1. The number of thiol groups is 1. The molecule has 3 aliphatic rings. The van der Waals surface area contributed by atoms with E-state index in [1.165, 1.54) is 17.7 Å². The maximum absolute atomic E-state index is 14.7. The smallest absolute Gasteiger partial charge is 0.317 e. The molecule has 1 aromatic carbocycles. The summed E-state index contributed by atoms with van der Waals surface area (Å²) in [6.45, 7) is 5.04. The number of nitrogens with one attached hydrogen (secondary N) is 12. The molecule has 2 fully saturated rings. The number of carbonyl (C=O) groups is 10. The molecule has 6 rings (SSSR count). The highest BCUT2D eigenvalue weighted by molar-refractivity contribution is 7.80. The number of allylic oxidation sites excluding steroid dienone is 1. The summed E-state index contributed by atoms with van der Waals surface area (Å²) in [4.78, 5) is 149. The van der Waals surface area contributed by atoms with Gasteiger partial charge in [-0.25, -0.2) is 9.97 Å². The van der Waals surface area contributed by atoms with Crippen LogP contribution in [0.5, 0.6) is 5.75 Å². The molecule has 6 atom stereocenters. The van der Waals surface area contributed by atoms with Crippen molar-refractivity contribution >= 4 is 71.8 Å². The molecule has 3 unspecified atom stereocenters. The molecular formula is C65H101N17O15S. The zero-order valence-corrected chi connectivity index (χ0v) is 56.6. The number of aliphatic hydroxyl groups excluding tert-OH is 1. The van der Waals surface area contributed by atoms with Crippen molar-refractivity contribution in [1.29, 1.82) is 0 Å². The molecule has 0 bridgehead atoms.